The van der Waals surface area contributed by atoms with Gasteiger partial charge in [0.15, 0.2) is 5.69 Å². The molecule has 3 rings (SSSR count). The Morgan fingerprint density at radius 1 is 1.65 bits per heavy atom. The first-order valence-electron chi connectivity index (χ1n) is 6.82. The molecule has 1 N–H and O–H groups in total. The minimum absolute atomic E-state index is 0.00171. The molecule has 7 heteroatoms. The maximum absolute atomic E-state index is 13.8. The Bertz CT molecular complexity index is 529. The van der Waals surface area contributed by atoms with E-state index in [-0.39, 0.29) is 11.8 Å². The van der Waals surface area contributed by atoms with Crippen molar-refractivity contribution in [3.8, 4) is 5.88 Å². The van der Waals surface area contributed by atoms with Crippen molar-refractivity contribution in [1.82, 2.24) is 14.7 Å². The number of aromatic carboxylic acids is 1. The van der Waals surface area contributed by atoms with E-state index in [1.54, 1.807) is 11.6 Å². The summed E-state index contributed by atoms with van der Waals surface area (Å²) in [7, 11) is 0. The molecule has 1 fully saturated rings. The molecule has 0 spiro atoms. The van der Waals surface area contributed by atoms with Crippen molar-refractivity contribution in [3.63, 3.8) is 0 Å². The number of alkyl halides is 1. The molecule has 6 nitrogen and oxygen atoms in total. The van der Waals surface area contributed by atoms with Crippen LogP contribution >= 0.6 is 0 Å². The molecule has 0 radical (unpaired) electrons. The largest absolute Gasteiger partial charge is 0.476 e. The molecule has 0 bridgehead atoms. The van der Waals surface area contributed by atoms with Crippen molar-refractivity contribution in [2.75, 3.05) is 19.6 Å². The SMILES string of the molecule is CC1(F)CCN(CC2CCn3nc(C(=O)O)cc3O2)C1. The van der Waals surface area contributed by atoms with E-state index < -0.39 is 11.6 Å². The van der Waals surface area contributed by atoms with Crippen LogP contribution in [0.2, 0.25) is 0 Å². The number of likely N-dealkylation sites (tertiary alicyclic amines) is 1. The number of fused-ring (bicyclic) bond motifs is 1. The zero-order chi connectivity index (χ0) is 14.3. The molecule has 2 aliphatic rings. The summed E-state index contributed by atoms with van der Waals surface area (Å²) in [4.78, 5) is 12.9. The number of rotatable bonds is 3. The molecule has 2 aliphatic heterocycles. The lowest BCUT2D eigenvalue weighted by Crippen LogP contribution is -2.38. The van der Waals surface area contributed by atoms with E-state index in [0.717, 1.165) is 13.0 Å². The number of aromatic nitrogens is 2. The van der Waals surface area contributed by atoms with Crippen molar-refractivity contribution < 1.29 is 19.0 Å². The third kappa shape index (κ3) is 2.63. The number of nitrogens with zero attached hydrogens (tertiary/aromatic N) is 3. The highest BCUT2D eigenvalue weighted by atomic mass is 19.1. The van der Waals surface area contributed by atoms with E-state index >= 15 is 0 Å². The van der Waals surface area contributed by atoms with Crippen molar-refractivity contribution in [2.45, 2.75) is 38.1 Å². The highest BCUT2D eigenvalue weighted by Crippen LogP contribution is 2.27. The monoisotopic (exact) mass is 283 g/mol. The van der Waals surface area contributed by atoms with Crippen LogP contribution in [-0.4, -0.2) is 57.2 Å². The van der Waals surface area contributed by atoms with Gasteiger partial charge in [-0.25, -0.2) is 13.9 Å². The number of hydrogen-bond acceptors (Lipinski definition) is 4. The van der Waals surface area contributed by atoms with Crippen LogP contribution in [0.3, 0.4) is 0 Å². The van der Waals surface area contributed by atoms with Crippen molar-refractivity contribution in [3.05, 3.63) is 11.8 Å². The van der Waals surface area contributed by atoms with Crippen molar-refractivity contribution >= 4 is 5.97 Å². The van der Waals surface area contributed by atoms with Crippen LogP contribution in [0.15, 0.2) is 6.07 Å². The van der Waals surface area contributed by atoms with Crippen LogP contribution in [0.5, 0.6) is 5.88 Å². The number of aryl methyl sites for hydroxylation is 1. The molecule has 2 unspecified atom stereocenters. The van der Waals surface area contributed by atoms with Gasteiger partial charge in [-0.2, -0.15) is 5.10 Å². The fraction of sp³-hybridized carbons (Fsp3) is 0.692. The summed E-state index contributed by atoms with van der Waals surface area (Å²) >= 11 is 0. The number of ether oxygens (including phenoxy) is 1. The summed E-state index contributed by atoms with van der Waals surface area (Å²) < 4.78 is 21.1. The van der Waals surface area contributed by atoms with Crippen LogP contribution in [0.4, 0.5) is 4.39 Å². The van der Waals surface area contributed by atoms with E-state index in [9.17, 15) is 9.18 Å². The molecule has 1 saturated heterocycles. The summed E-state index contributed by atoms with van der Waals surface area (Å²) in [5, 5.41) is 12.9. The van der Waals surface area contributed by atoms with Crippen LogP contribution < -0.4 is 4.74 Å². The van der Waals surface area contributed by atoms with Gasteiger partial charge in [0.05, 0.1) is 0 Å². The lowest BCUT2D eigenvalue weighted by atomic mass is 10.1. The van der Waals surface area contributed by atoms with Crippen LogP contribution in [0.1, 0.15) is 30.3 Å². The molecule has 20 heavy (non-hydrogen) atoms. The number of carbonyl (C=O) groups is 1. The average molecular weight is 283 g/mol. The summed E-state index contributed by atoms with van der Waals surface area (Å²) in [6.07, 6.45) is 1.28. The van der Waals surface area contributed by atoms with E-state index in [1.165, 1.54) is 6.07 Å². The van der Waals surface area contributed by atoms with Crippen LogP contribution in [0.25, 0.3) is 0 Å². The van der Waals surface area contributed by atoms with Crippen molar-refractivity contribution in [2.24, 2.45) is 0 Å². The summed E-state index contributed by atoms with van der Waals surface area (Å²) in [6, 6.07) is 1.44. The van der Waals surface area contributed by atoms with Gasteiger partial charge in [-0.15, -0.1) is 0 Å². The fourth-order valence-corrected chi connectivity index (χ4v) is 2.84. The lowest BCUT2D eigenvalue weighted by Gasteiger charge is -2.28. The van der Waals surface area contributed by atoms with E-state index in [0.29, 0.717) is 31.9 Å². The zero-order valence-corrected chi connectivity index (χ0v) is 11.4. The Balaban J connectivity index is 1.62. The topological polar surface area (TPSA) is 67.6 Å². The predicted octanol–water partition coefficient (Wildman–Crippen LogP) is 1.17. The molecule has 0 aliphatic carbocycles. The second-order valence-electron chi connectivity index (χ2n) is 5.82. The summed E-state index contributed by atoms with van der Waals surface area (Å²) in [6.45, 7) is 4.11. The minimum atomic E-state index is -1.10. The second kappa shape index (κ2) is 4.73. The van der Waals surface area contributed by atoms with E-state index in [4.69, 9.17) is 9.84 Å². The Kier molecular flexibility index (Phi) is 3.16. The van der Waals surface area contributed by atoms with Gasteiger partial charge >= 0.3 is 5.97 Å². The Hall–Kier alpha value is -1.63. The predicted molar refractivity (Wildman–Crippen MR) is 68.8 cm³/mol. The Morgan fingerprint density at radius 2 is 2.45 bits per heavy atom. The molecule has 3 heterocycles. The minimum Gasteiger partial charge on any atom is -0.476 e. The zero-order valence-electron chi connectivity index (χ0n) is 11.4. The molecular weight excluding hydrogens is 265 g/mol. The normalized spacial score (nSPS) is 30.0. The third-order valence-electron chi connectivity index (χ3n) is 3.88. The highest BCUT2D eigenvalue weighted by molar-refractivity contribution is 5.85. The van der Waals surface area contributed by atoms with Gasteiger partial charge in [-0.1, -0.05) is 0 Å². The van der Waals surface area contributed by atoms with Gasteiger partial charge in [0.1, 0.15) is 11.8 Å². The summed E-state index contributed by atoms with van der Waals surface area (Å²) in [5.41, 5.74) is -1.11. The van der Waals surface area contributed by atoms with Gasteiger partial charge in [0.2, 0.25) is 5.88 Å². The van der Waals surface area contributed by atoms with E-state index in [2.05, 4.69) is 10.00 Å². The third-order valence-corrected chi connectivity index (χ3v) is 3.88. The van der Waals surface area contributed by atoms with Gasteiger partial charge in [-0.05, 0) is 13.3 Å². The first-order chi connectivity index (χ1) is 9.43. The van der Waals surface area contributed by atoms with Crippen molar-refractivity contribution in [1.29, 1.82) is 0 Å². The smallest absolute Gasteiger partial charge is 0.356 e. The number of halogens is 1. The first kappa shape index (κ1) is 13.4. The lowest BCUT2D eigenvalue weighted by molar-refractivity contribution is 0.0689. The first-order valence-corrected chi connectivity index (χ1v) is 6.82. The van der Waals surface area contributed by atoms with Crippen LogP contribution in [-0.2, 0) is 6.54 Å². The number of carboxylic acids is 1. The molecule has 1 aromatic rings. The number of carboxylic acid groups (broad SMARTS) is 1. The molecule has 110 valence electrons. The molecule has 1 aromatic heterocycles. The van der Waals surface area contributed by atoms with Gasteiger partial charge in [0, 0.05) is 38.7 Å². The van der Waals surface area contributed by atoms with Gasteiger partial charge in [0.25, 0.3) is 0 Å². The Morgan fingerprint density at radius 3 is 3.10 bits per heavy atom. The standard InChI is InChI=1S/C13H18FN3O3/c1-13(14)3-5-16(8-13)7-9-2-4-17-11(20-9)6-10(15-17)12(18)19/h6,9H,2-5,7-8H2,1H3,(H,18,19). The van der Waals surface area contributed by atoms with E-state index in [1.807, 2.05) is 0 Å². The fourth-order valence-electron chi connectivity index (χ4n) is 2.84. The van der Waals surface area contributed by atoms with Gasteiger partial charge < -0.3 is 9.84 Å². The quantitative estimate of drug-likeness (QED) is 0.902. The highest BCUT2D eigenvalue weighted by Gasteiger charge is 2.35. The molecule has 0 aromatic carbocycles. The second-order valence-corrected chi connectivity index (χ2v) is 5.82. The van der Waals surface area contributed by atoms with Gasteiger partial charge in [-0.3, -0.25) is 4.90 Å². The molecule has 0 amide bonds. The molecule has 2 atom stereocenters. The Labute approximate surface area is 116 Å². The molecule has 0 saturated carbocycles. The maximum Gasteiger partial charge on any atom is 0.356 e. The van der Waals surface area contributed by atoms with Crippen LogP contribution in [0, 0.1) is 0 Å². The maximum atomic E-state index is 13.8. The number of hydrogen-bond donors (Lipinski definition) is 1. The average Bonchev–Trinajstić information content (AvgIpc) is 2.92. The summed E-state index contributed by atoms with van der Waals surface area (Å²) in [5.74, 6) is -0.569. The molecular formula is C13H18FN3O3.